The van der Waals surface area contributed by atoms with Gasteiger partial charge in [-0.3, -0.25) is 0 Å². The number of aliphatic carboxylic acids is 2. The predicted molar refractivity (Wildman–Crippen MR) is 71.2 cm³/mol. The van der Waals surface area contributed by atoms with E-state index in [0.717, 1.165) is 0 Å². The molecule has 6 heteroatoms. The van der Waals surface area contributed by atoms with Gasteiger partial charge in [-0.05, 0) is 0 Å². The third-order valence-corrected chi connectivity index (χ3v) is 5.46. The van der Waals surface area contributed by atoms with Crippen molar-refractivity contribution in [1.82, 2.24) is 0 Å². The number of ether oxygens (including phenoxy) is 1. The van der Waals surface area contributed by atoms with E-state index in [1.54, 1.807) is 24.3 Å². The Morgan fingerprint density at radius 2 is 1.95 bits per heavy atom. The topological polar surface area (TPSA) is 83.8 Å². The first kappa shape index (κ1) is 15.3. The summed E-state index contributed by atoms with van der Waals surface area (Å²) in [5.41, 5.74) is 0. The van der Waals surface area contributed by atoms with Crippen LogP contribution in [0.3, 0.4) is 0 Å². The van der Waals surface area contributed by atoms with Gasteiger partial charge in [-0.1, -0.05) is 0 Å². The number of carboxylic acid groups (broad SMARTS) is 2. The Morgan fingerprint density at radius 3 is 2.42 bits per heavy atom. The second-order valence-corrected chi connectivity index (χ2v) is 6.50. The van der Waals surface area contributed by atoms with Crippen LogP contribution in [-0.4, -0.2) is 44.2 Å². The zero-order valence-electron chi connectivity index (χ0n) is 10.3. The van der Waals surface area contributed by atoms with Crippen LogP contribution in [0.2, 0.25) is 4.31 Å². The average Bonchev–Trinajstić information content (AvgIpc) is 2.38. The van der Waals surface area contributed by atoms with Crippen LogP contribution in [0.1, 0.15) is 6.42 Å². The summed E-state index contributed by atoms with van der Waals surface area (Å²) >= 11 is -0.828. The zero-order chi connectivity index (χ0) is 14.5. The Balaban J connectivity index is 3.24. The molecule has 0 aliphatic rings. The molecule has 0 fully saturated rings. The van der Waals surface area contributed by atoms with Gasteiger partial charge in [0.1, 0.15) is 0 Å². The molecule has 0 spiro atoms. The van der Waals surface area contributed by atoms with E-state index in [4.69, 9.17) is 4.74 Å². The molecule has 0 radical (unpaired) electrons. The van der Waals surface area contributed by atoms with E-state index in [1.165, 1.54) is 13.2 Å². The van der Waals surface area contributed by atoms with Crippen LogP contribution in [-0.2, 0) is 9.59 Å². The quantitative estimate of drug-likeness (QED) is 0.442. The molecule has 0 atom stereocenters. The molecule has 1 rings (SSSR count). The molecule has 1 aromatic rings. The van der Waals surface area contributed by atoms with Crippen molar-refractivity contribution in [2.45, 2.75) is 10.7 Å². The van der Waals surface area contributed by atoms with E-state index in [2.05, 4.69) is 6.58 Å². The van der Waals surface area contributed by atoms with E-state index in [1.807, 2.05) is 0 Å². The number of methoxy groups -OCH3 is 1. The molecule has 19 heavy (non-hydrogen) atoms. The fourth-order valence-corrected chi connectivity index (χ4v) is 3.90. The van der Waals surface area contributed by atoms with Crippen LogP contribution >= 0.6 is 0 Å². The summed E-state index contributed by atoms with van der Waals surface area (Å²) in [5.74, 6) is -2.21. The molecule has 0 saturated carbocycles. The number of hydrogen-bond acceptors (Lipinski definition) is 3. The molecule has 0 amide bonds. The van der Waals surface area contributed by atoms with Crippen LogP contribution in [0.5, 0.6) is 5.75 Å². The summed E-state index contributed by atoms with van der Waals surface area (Å²) < 4.78 is 3.88. The zero-order valence-corrected chi connectivity index (χ0v) is 12.0. The fourth-order valence-electron chi connectivity index (χ4n) is 1.49. The Morgan fingerprint density at radius 1 is 1.37 bits per heavy atom. The van der Waals surface area contributed by atoms with Gasteiger partial charge in [0.25, 0.3) is 0 Å². The number of para-hydroxylation sites is 1. The van der Waals surface area contributed by atoms with Gasteiger partial charge in [-0.25, -0.2) is 0 Å². The van der Waals surface area contributed by atoms with Crippen LogP contribution in [0.4, 0.5) is 0 Å². The SMILES string of the molecule is C=CCC([Se]c1ccccc1OC)(C(=O)O)C(=O)O. The van der Waals surface area contributed by atoms with Crippen LogP contribution in [0.15, 0.2) is 36.9 Å². The van der Waals surface area contributed by atoms with E-state index in [9.17, 15) is 19.8 Å². The molecular weight excluding hydrogens is 315 g/mol. The Kier molecular flexibility index (Phi) is 5.15. The van der Waals surface area contributed by atoms with Gasteiger partial charge in [0.2, 0.25) is 0 Å². The number of rotatable bonds is 7. The van der Waals surface area contributed by atoms with Gasteiger partial charge >= 0.3 is 116 Å². The molecule has 5 nitrogen and oxygen atoms in total. The van der Waals surface area contributed by atoms with Gasteiger partial charge in [0.15, 0.2) is 0 Å². The third kappa shape index (κ3) is 3.16. The maximum absolute atomic E-state index is 11.4. The van der Waals surface area contributed by atoms with Crippen molar-refractivity contribution in [3.63, 3.8) is 0 Å². The van der Waals surface area contributed by atoms with Crippen molar-refractivity contribution in [3.05, 3.63) is 36.9 Å². The Bertz CT molecular complexity index is 484. The van der Waals surface area contributed by atoms with Gasteiger partial charge in [-0.2, -0.15) is 0 Å². The van der Waals surface area contributed by atoms with Crippen molar-refractivity contribution in [3.8, 4) is 5.75 Å². The monoisotopic (exact) mass is 330 g/mol. The summed E-state index contributed by atoms with van der Waals surface area (Å²) in [6, 6.07) is 6.83. The van der Waals surface area contributed by atoms with Gasteiger partial charge in [-0.15, -0.1) is 0 Å². The molecule has 0 saturated heterocycles. The van der Waals surface area contributed by atoms with Crippen LogP contribution < -0.4 is 9.20 Å². The van der Waals surface area contributed by atoms with Crippen molar-refractivity contribution < 1.29 is 24.5 Å². The maximum atomic E-state index is 11.4. The number of allylic oxidation sites excluding steroid dienone is 1. The first-order valence-corrected chi connectivity index (χ1v) is 7.09. The standard InChI is InChI=1S/C13H14O5Se/c1-3-8-13(11(14)15,12(16)17)19-10-7-5-4-6-9(10)18-2/h3-7H,1,8H2,2H3,(H,14,15)(H,16,17). The van der Waals surface area contributed by atoms with Gasteiger partial charge < -0.3 is 0 Å². The Hall–Kier alpha value is -1.78. The number of carbonyl (C=O) groups is 2. The van der Waals surface area contributed by atoms with E-state index in [0.29, 0.717) is 10.2 Å². The molecule has 0 aromatic heterocycles. The Labute approximate surface area is 117 Å². The average molecular weight is 329 g/mol. The van der Waals surface area contributed by atoms with Crippen molar-refractivity contribution in [1.29, 1.82) is 0 Å². The molecule has 102 valence electrons. The first-order valence-electron chi connectivity index (χ1n) is 5.37. The second kappa shape index (κ2) is 6.40. The fraction of sp³-hybridized carbons (Fsp3) is 0.231. The molecule has 0 bridgehead atoms. The molecule has 2 N–H and O–H groups in total. The predicted octanol–water partition coefficient (Wildman–Crippen LogP) is 0.929. The van der Waals surface area contributed by atoms with E-state index < -0.39 is 31.2 Å². The number of hydrogen-bond donors (Lipinski definition) is 2. The number of carboxylic acids is 2. The summed E-state index contributed by atoms with van der Waals surface area (Å²) in [4.78, 5) is 22.8. The molecule has 0 aliphatic heterocycles. The first-order chi connectivity index (χ1) is 8.97. The molecule has 0 heterocycles. The third-order valence-electron chi connectivity index (χ3n) is 2.48. The minimum absolute atomic E-state index is 0.129. The van der Waals surface area contributed by atoms with Crippen LogP contribution in [0.25, 0.3) is 0 Å². The molecule has 0 unspecified atom stereocenters. The van der Waals surface area contributed by atoms with E-state index >= 15 is 0 Å². The summed E-state index contributed by atoms with van der Waals surface area (Å²) in [5, 5.41) is 18.6. The summed E-state index contributed by atoms with van der Waals surface area (Å²) in [7, 11) is 1.46. The number of benzene rings is 1. The molecule has 1 aromatic carbocycles. The van der Waals surface area contributed by atoms with E-state index in [-0.39, 0.29) is 6.42 Å². The van der Waals surface area contributed by atoms with Crippen molar-refractivity contribution in [2.24, 2.45) is 0 Å². The summed E-state index contributed by atoms with van der Waals surface area (Å²) in [6.45, 7) is 3.45. The second-order valence-electron chi connectivity index (χ2n) is 3.68. The molecular formula is C13H14O5Se. The van der Waals surface area contributed by atoms with Gasteiger partial charge in [0.05, 0.1) is 0 Å². The normalized spacial score (nSPS) is 10.8. The minimum atomic E-state index is -1.86. The van der Waals surface area contributed by atoms with Crippen molar-refractivity contribution in [2.75, 3.05) is 7.11 Å². The molecule has 0 aliphatic carbocycles. The van der Waals surface area contributed by atoms with Crippen LogP contribution in [0, 0.1) is 0 Å². The van der Waals surface area contributed by atoms with Crippen molar-refractivity contribution >= 4 is 31.4 Å². The summed E-state index contributed by atoms with van der Waals surface area (Å²) in [6.07, 6.45) is 1.19. The van der Waals surface area contributed by atoms with Gasteiger partial charge in [0, 0.05) is 0 Å².